The molecule has 12 nitrogen and oxygen atoms in total. The van der Waals surface area contributed by atoms with Crippen molar-refractivity contribution in [2.45, 2.75) is 72.3 Å². The van der Waals surface area contributed by atoms with E-state index in [1.807, 2.05) is 0 Å². The Kier molecular flexibility index (Phi) is 13.5. The van der Waals surface area contributed by atoms with E-state index >= 15 is 0 Å². The first-order valence-corrected chi connectivity index (χ1v) is 13.0. The van der Waals surface area contributed by atoms with Gasteiger partial charge in [-0.05, 0) is 39.2 Å². The Hall–Kier alpha value is -3.57. The van der Waals surface area contributed by atoms with Gasteiger partial charge in [0.25, 0.3) is 0 Å². The van der Waals surface area contributed by atoms with Crippen molar-refractivity contribution in [2.75, 3.05) is 26.4 Å². The van der Waals surface area contributed by atoms with Gasteiger partial charge >= 0.3 is 23.9 Å². The third-order valence-electron chi connectivity index (χ3n) is 6.92. The molecular weight excluding hydrogens is 514 g/mol. The highest BCUT2D eigenvalue weighted by Crippen LogP contribution is 2.42. The Bertz CT molecular complexity index is 959. The number of hydrogen-bond donors (Lipinski definition) is 1. The summed E-state index contributed by atoms with van der Waals surface area (Å²) < 4.78 is 15.4. The fourth-order valence-corrected chi connectivity index (χ4v) is 4.66. The molecule has 1 N–H and O–H groups in total. The van der Waals surface area contributed by atoms with Crippen LogP contribution in [0, 0.1) is 17.3 Å². The van der Waals surface area contributed by atoms with Crippen molar-refractivity contribution >= 4 is 41.4 Å². The Balaban J connectivity index is 3.32. The van der Waals surface area contributed by atoms with Crippen molar-refractivity contribution in [2.24, 2.45) is 17.3 Å². The van der Waals surface area contributed by atoms with Gasteiger partial charge in [-0.25, -0.2) is 0 Å². The SMILES string of the molecule is C=CC(=O)CCOC(=O)C(C(C(=O)O)C(CC)N1CCCC1=O)C(C)(CC)C(=O)OCCOC(=O)CC(C)=O. The van der Waals surface area contributed by atoms with Crippen LogP contribution in [0.25, 0.3) is 0 Å². The molecule has 1 fully saturated rings. The molecule has 0 spiro atoms. The summed E-state index contributed by atoms with van der Waals surface area (Å²) in [4.78, 5) is 87.7. The highest BCUT2D eigenvalue weighted by atomic mass is 16.6. The number of rotatable bonds is 18. The molecular formula is C27H39NO11. The van der Waals surface area contributed by atoms with Crippen LogP contribution in [-0.2, 0) is 47.8 Å². The summed E-state index contributed by atoms with van der Waals surface area (Å²) in [5, 5.41) is 10.3. The van der Waals surface area contributed by atoms with E-state index in [1.54, 1.807) is 13.8 Å². The van der Waals surface area contributed by atoms with E-state index in [4.69, 9.17) is 14.2 Å². The molecule has 0 aromatic carbocycles. The molecule has 1 amide bonds. The van der Waals surface area contributed by atoms with Crippen LogP contribution >= 0.6 is 0 Å². The van der Waals surface area contributed by atoms with Crippen molar-refractivity contribution in [1.29, 1.82) is 0 Å². The van der Waals surface area contributed by atoms with Crippen LogP contribution in [0.15, 0.2) is 12.7 Å². The van der Waals surface area contributed by atoms with Crippen LogP contribution in [0.1, 0.15) is 66.2 Å². The van der Waals surface area contributed by atoms with Crippen molar-refractivity contribution in [1.82, 2.24) is 4.90 Å². The maximum Gasteiger partial charge on any atom is 0.313 e. The molecule has 0 bridgehead atoms. The van der Waals surface area contributed by atoms with Crippen LogP contribution in [0.5, 0.6) is 0 Å². The van der Waals surface area contributed by atoms with Crippen LogP contribution in [0.2, 0.25) is 0 Å². The number of aliphatic carboxylic acids is 1. The molecule has 1 rings (SSSR count). The average molecular weight is 554 g/mol. The number of carbonyl (C=O) groups is 7. The molecule has 218 valence electrons. The molecule has 1 aliphatic rings. The summed E-state index contributed by atoms with van der Waals surface area (Å²) in [5.41, 5.74) is -1.72. The molecule has 1 aliphatic heterocycles. The molecule has 0 aromatic heterocycles. The van der Waals surface area contributed by atoms with Crippen LogP contribution < -0.4 is 0 Å². The second-order valence-electron chi connectivity index (χ2n) is 9.60. The molecule has 39 heavy (non-hydrogen) atoms. The van der Waals surface area contributed by atoms with Gasteiger partial charge in [0.15, 0.2) is 5.78 Å². The number of amides is 1. The number of carbonyl (C=O) groups excluding carboxylic acids is 6. The van der Waals surface area contributed by atoms with E-state index in [1.165, 1.54) is 18.7 Å². The lowest BCUT2D eigenvalue weighted by Crippen LogP contribution is -2.55. The molecule has 0 aliphatic carbocycles. The Morgan fingerprint density at radius 2 is 1.72 bits per heavy atom. The van der Waals surface area contributed by atoms with Crippen molar-refractivity contribution < 1.29 is 52.9 Å². The lowest BCUT2D eigenvalue weighted by atomic mass is 9.66. The van der Waals surface area contributed by atoms with E-state index < -0.39 is 66.0 Å². The van der Waals surface area contributed by atoms with Gasteiger partial charge in [0.2, 0.25) is 5.91 Å². The standard InChI is InChI=1S/C27H39NO11/c1-6-18(30)11-13-38-25(35)23(22(24(33)34)19(7-2)28-12-9-10-20(28)31)27(5,8-3)26(36)39-15-14-37-21(32)16-17(4)29/h6,19,22-23H,1,7-16H2,2-5H3,(H,33,34). The number of ether oxygens (including phenoxy) is 3. The van der Waals surface area contributed by atoms with Crippen LogP contribution in [0.3, 0.4) is 0 Å². The van der Waals surface area contributed by atoms with Crippen LogP contribution in [-0.4, -0.2) is 83.8 Å². The van der Waals surface area contributed by atoms with Gasteiger partial charge in [-0.15, -0.1) is 0 Å². The first-order chi connectivity index (χ1) is 18.3. The molecule has 1 heterocycles. The monoisotopic (exact) mass is 553 g/mol. The third-order valence-corrected chi connectivity index (χ3v) is 6.92. The average Bonchev–Trinajstić information content (AvgIpc) is 3.30. The number of carboxylic acids is 1. The Morgan fingerprint density at radius 3 is 2.21 bits per heavy atom. The van der Waals surface area contributed by atoms with Gasteiger partial charge in [-0.1, -0.05) is 20.4 Å². The zero-order valence-corrected chi connectivity index (χ0v) is 23.1. The fraction of sp³-hybridized carbons (Fsp3) is 0.667. The van der Waals surface area contributed by atoms with E-state index in [9.17, 15) is 38.7 Å². The lowest BCUT2D eigenvalue weighted by Gasteiger charge is -2.41. The van der Waals surface area contributed by atoms with Crippen LogP contribution in [0.4, 0.5) is 0 Å². The number of ketones is 2. The summed E-state index contributed by atoms with van der Waals surface area (Å²) in [6, 6.07) is -0.906. The molecule has 0 aromatic rings. The number of Topliss-reactive ketones (excluding diaryl/α,β-unsaturated/α-hetero) is 1. The number of nitrogens with zero attached hydrogens (tertiary/aromatic N) is 1. The second-order valence-corrected chi connectivity index (χ2v) is 9.60. The van der Waals surface area contributed by atoms with E-state index in [0.29, 0.717) is 13.0 Å². The topological polar surface area (TPSA) is 171 Å². The van der Waals surface area contributed by atoms with Gasteiger partial charge in [-0.2, -0.15) is 0 Å². The Labute approximate surface area is 228 Å². The smallest absolute Gasteiger partial charge is 0.313 e. The summed E-state index contributed by atoms with van der Waals surface area (Å²) in [5.74, 6) is -8.26. The molecule has 4 unspecified atom stereocenters. The summed E-state index contributed by atoms with van der Waals surface area (Å²) in [6.07, 6.45) is 1.40. The predicted octanol–water partition coefficient (Wildman–Crippen LogP) is 1.87. The molecule has 1 saturated heterocycles. The number of hydrogen-bond acceptors (Lipinski definition) is 10. The second kappa shape index (κ2) is 15.7. The summed E-state index contributed by atoms with van der Waals surface area (Å²) >= 11 is 0. The number of allylic oxidation sites excluding steroid dienone is 1. The molecule has 4 atom stereocenters. The number of carboxylic acid groups (broad SMARTS) is 1. The zero-order valence-electron chi connectivity index (χ0n) is 23.1. The largest absolute Gasteiger partial charge is 0.481 e. The van der Waals surface area contributed by atoms with E-state index in [0.717, 1.165) is 6.08 Å². The summed E-state index contributed by atoms with van der Waals surface area (Å²) in [7, 11) is 0. The fourth-order valence-electron chi connectivity index (χ4n) is 4.66. The quantitative estimate of drug-likeness (QED) is 0.0864. The molecule has 12 heteroatoms. The predicted molar refractivity (Wildman–Crippen MR) is 136 cm³/mol. The van der Waals surface area contributed by atoms with Gasteiger partial charge in [0.1, 0.15) is 25.4 Å². The van der Waals surface area contributed by atoms with Crippen molar-refractivity contribution in [3.05, 3.63) is 12.7 Å². The van der Waals surface area contributed by atoms with E-state index in [-0.39, 0.29) is 50.6 Å². The maximum absolute atomic E-state index is 13.5. The van der Waals surface area contributed by atoms with Crippen molar-refractivity contribution in [3.63, 3.8) is 0 Å². The molecule has 0 radical (unpaired) electrons. The minimum absolute atomic E-state index is 0.0323. The normalized spacial score (nSPS) is 16.8. The van der Waals surface area contributed by atoms with Crippen molar-refractivity contribution in [3.8, 4) is 0 Å². The van der Waals surface area contributed by atoms with Gasteiger partial charge in [0.05, 0.1) is 23.9 Å². The number of likely N-dealkylation sites (tertiary alicyclic amines) is 1. The van der Waals surface area contributed by atoms with Gasteiger partial charge < -0.3 is 24.2 Å². The zero-order chi connectivity index (χ0) is 29.8. The Morgan fingerprint density at radius 1 is 1.08 bits per heavy atom. The highest BCUT2D eigenvalue weighted by molar-refractivity contribution is 5.94. The maximum atomic E-state index is 13.5. The minimum Gasteiger partial charge on any atom is -0.481 e. The summed E-state index contributed by atoms with van der Waals surface area (Å²) in [6.45, 7) is 8.44. The first-order valence-electron chi connectivity index (χ1n) is 13.0. The minimum atomic E-state index is -1.72. The highest BCUT2D eigenvalue weighted by Gasteiger charge is 2.55. The lowest BCUT2D eigenvalue weighted by molar-refractivity contribution is -0.180. The number of esters is 3. The van der Waals surface area contributed by atoms with Gasteiger partial charge in [-0.3, -0.25) is 33.6 Å². The third kappa shape index (κ3) is 9.29. The molecule has 0 saturated carbocycles. The first kappa shape index (κ1) is 33.5. The van der Waals surface area contributed by atoms with Gasteiger partial charge in [0, 0.05) is 25.4 Å². The van der Waals surface area contributed by atoms with E-state index in [2.05, 4.69) is 6.58 Å².